The smallest absolute Gasteiger partial charge is 0.243 e. The van der Waals surface area contributed by atoms with Crippen molar-refractivity contribution in [1.29, 1.82) is 0 Å². The van der Waals surface area contributed by atoms with E-state index in [2.05, 4.69) is 0 Å². The van der Waals surface area contributed by atoms with Gasteiger partial charge in [0.15, 0.2) is 0 Å². The Morgan fingerprint density at radius 2 is 1.52 bits per heavy atom. The molecule has 162 valence electrons. The summed E-state index contributed by atoms with van der Waals surface area (Å²) >= 11 is 5.89. The van der Waals surface area contributed by atoms with Gasteiger partial charge in [0.25, 0.3) is 0 Å². The summed E-state index contributed by atoms with van der Waals surface area (Å²) < 4.78 is 41.0. The number of anilines is 1. The van der Waals surface area contributed by atoms with Gasteiger partial charge in [-0.15, -0.1) is 0 Å². The molecule has 0 heterocycles. The molecule has 0 radical (unpaired) electrons. The number of carbonyl (C=O) groups excluding carboxylic acids is 1. The monoisotopic (exact) mass is 460 g/mol. The first kappa shape index (κ1) is 22.9. The molecule has 0 fully saturated rings. The Balaban J connectivity index is 1.90. The SMILES string of the molecule is Cc1ccc(CN(CC(=O)N(C)c2ccc(F)cc2)S(=O)(=O)c2ccc(Cl)cc2)cc1. The van der Waals surface area contributed by atoms with E-state index in [1.807, 2.05) is 31.2 Å². The van der Waals surface area contributed by atoms with Crippen molar-refractivity contribution in [3.63, 3.8) is 0 Å². The summed E-state index contributed by atoms with van der Waals surface area (Å²) in [5.74, 6) is -0.868. The number of benzene rings is 3. The molecular formula is C23H22ClFN2O3S. The number of halogens is 2. The lowest BCUT2D eigenvalue weighted by Crippen LogP contribution is -2.41. The number of hydrogen-bond donors (Lipinski definition) is 0. The molecule has 0 N–H and O–H groups in total. The molecule has 1 amide bonds. The van der Waals surface area contributed by atoms with Crippen LogP contribution in [0.2, 0.25) is 5.02 Å². The van der Waals surface area contributed by atoms with Crippen molar-refractivity contribution in [2.24, 2.45) is 0 Å². The van der Waals surface area contributed by atoms with E-state index in [9.17, 15) is 17.6 Å². The number of hydrogen-bond acceptors (Lipinski definition) is 3. The number of nitrogens with zero attached hydrogens (tertiary/aromatic N) is 2. The van der Waals surface area contributed by atoms with E-state index < -0.39 is 21.7 Å². The molecule has 0 aliphatic heterocycles. The number of rotatable bonds is 7. The van der Waals surface area contributed by atoms with E-state index >= 15 is 0 Å². The zero-order valence-electron chi connectivity index (χ0n) is 17.1. The van der Waals surface area contributed by atoms with E-state index in [0.29, 0.717) is 10.7 Å². The van der Waals surface area contributed by atoms with Crippen LogP contribution in [0.1, 0.15) is 11.1 Å². The topological polar surface area (TPSA) is 57.7 Å². The molecule has 0 bridgehead atoms. The summed E-state index contributed by atoms with van der Waals surface area (Å²) in [6.45, 7) is 1.58. The minimum atomic E-state index is -3.98. The first-order valence-corrected chi connectivity index (χ1v) is 11.3. The van der Waals surface area contributed by atoms with Gasteiger partial charge in [-0.2, -0.15) is 4.31 Å². The molecule has 0 spiro atoms. The number of sulfonamides is 1. The van der Waals surface area contributed by atoms with Crippen LogP contribution in [-0.2, 0) is 21.4 Å². The second-order valence-electron chi connectivity index (χ2n) is 7.14. The zero-order chi connectivity index (χ0) is 22.6. The van der Waals surface area contributed by atoms with Gasteiger partial charge in [0.05, 0.1) is 11.4 Å². The number of aryl methyl sites for hydroxylation is 1. The Labute approximate surface area is 186 Å². The van der Waals surface area contributed by atoms with Gasteiger partial charge in [-0.1, -0.05) is 41.4 Å². The molecule has 8 heteroatoms. The molecule has 0 unspecified atom stereocenters. The highest BCUT2D eigenvalue weighted by Crippen LogP contribution is 2.22. The lowest BCUT2D eigenvalue weighted by molar-refractivity contribution is -0.118. The van der Waals surface area contributed by atoms with Crippen LogP contribution in [-0.4, -0.2) is 32.2 Å². The minimum absolute atomic E-state index is 0.0221. The van der Waals surface area contributed by atoms with Gasteiger partial charge >= 0.3 is 0 Å². The van der Waals surface area contributed by atoms with E-state index in [0.717, 1.165) is 15.4 Å². The van der Waals surface area contributed by atoms with Crippen molar-refractivity contribution in [3.8, 4) is 0 Å². The van der Waals surface area contributed by atoms with Gasteiger partial charge in [-0.25, -0.2) is 12.8 Å². The molecule has 31 heavy (non-hydrogen) atoms. The highest BCUT2D eigenvalue weighted by molar-refractivity contribution is 7.89. The number of likely N-dealkylation sites (N-methyl/N-ethyl adjacent to an activating group) is 1. The van der Waals surface area contributed by atoms with Crippen LogP contribution in [0.5, 0.6) is 0 Å². The summed E-state index contributed by atoms with van der Waals surface area (Å²) in [5.41, 5.74) is 2.26. The Morgan fingerprint density at radius 3 is 2.10 bits per heavy atom. The predicted octanol–water partition coefficient (Wildman–Crippen LogP) is 4.64. The average Bonchev–Trinajstić information content (AvgIpc) is 2.75. The Morgan fingerprint density at radius 1 is 0.935 bits per heavy atom. The summed E-state index contributed by atoms with van der Waals surface area (Å²) in [6, 6.07) is 18.6. The molecule has 5 nitrogen and oxygen atoms in total. The van der Waals surface area contributed by atoms with Crippen molar-refractivity contribution in [2.75, 3.05) is 18.5 Å². The average molecular weight is 461 g/mol. The van der Waals surface area contributed by atoms with Gasteiger partial charge in [0.2, 0.25) is 15.9 Å². The molecule has 0 aliphatic rings. The van der Waals surface area contributed by atoms with Crippen molar-refractivity contribution in [2.45, 2.75) is 18.4 Å². The standard InChI is InChI=1S/C23H22ClFN2O3S/c1-17-3-5-18(6-4-17)15-27(31(29,30)22-13-7-19(24)8-14-22)16-23(28)26(2)21-11-9-20(25)10-12-21/h3-14H,15-16H2,1-2H3. The van der Waals surface area contributed by atoms with Gasteiger partial charge in [-0.3, -0.25) is 4.79 Å². The first-order chi connectivity index (χ1) is 14.7. The third-order valence-corrected chi connectivity index (χ3v) is 6.89. The van der Waals surface area contributed by atoms with Gasteiger partial charge in [0.1, 0.15) is 5.82 Å². The van der Waals surface area contributed by atoms with E-state index in [1.165, 1.54) is 60.5 Å². The second-order valence-corrected chi connectivity index (χ2v) is 9.52. The van der Waals surface area contributed by atoms with Crippen molar-refractivity contribution >= 4 is 33.2 Å². The fraction of sp³-hybridized carbons (Fsp3) is 0.174. The summed E-state index contributed by atoms with van der Waals surface area (Å²) in [7, 11) is -2.45. The highest BCUT2D eigenvalue weighted by Gasteiger charge is 2.28. The van der Waals surface area contributed by atoms with Crippen molar-refractivity contribution < 1.29 is 17.6 Å². The van der Waals surface area contributed by atoms with Crippen LogP contribution in [0.25, 0.3) is 0 Å². The fourth-order valence-electron chi connectivity index (χ4n) is 2.94. The van der Waals surface area contributed by atoms with Crippen molar-refractivity contribution in [3.05, 3.63) is 94.8 Å². The third-order valence-electron chi connectivity index (χ3n) is 4.83. The molecular weight excluding hydrogens is 439 g/mol. The maximum absolute atomic E-state index is 13.3. The quantitative estimate of drug-likeness (QED) is 0.516. The third kappa shape index (κ3) is 5.70. The number of amides is 1. The largest absolute Gasteiger partial charge is 0.314 e. The van der Waals surface area contributed by atoms with Crippen molar-refractivity contribution in [1.82, 2.24) is 4.31 Å². The molecule has 0 aromatic heterocycles. The first-order valence-electron chi connectivity index (χ1n) is 9.50. The number of carbonyl (C=O) groups is 1. The lowest BCUT2D eigenvalue weighted by Gasteiger charge is -2.25. The van der Waals surface area contributed by atoms with Crippen LogP contribution in [0.4, 0.5) is 10.1 Å². The Hall–Kier alpha value is -2.74. The van der Waals surface area contributed by atoms with E-state index in [1.54, 1.807) is 0 Å². The van der Waals surface area contributed by atoms with E-state index in [4.69, 9.17) is 11.6 Å². The fourth-order valence-corrected chi connectivity index (χ4v) is 4.45. The second kappa shape index (κ2) is 9.60. The summed E-state index contributed by atoms with van der Waals surface area (Å²) in [6.07, 6.45) is 0. The Kier molecular flexibility index (Phi) is 7.10. The maximum Gasteiger partial charge on any atom is 0.243 e. The maximum atomic E-state index is 13.3. The van der Waals surface area contributed by atoms with Crippen LogP contribution in [0.3, 0.4) is 0 Å². The summed E-state index contributed by atoms with van der Waals surface area (Å²) in [4.78, 5) is 14.3. The van der Waals surface area contributed by atoms with Crippen LogP contribution < -0.4 is 4.90 Å². The highest BCUT2D eigenvalue weighted by atomic mass is 35.5. The molecule has 0 saturated carbocycles. The lowest BCUT2D eigenvalue weighted by atomic mass is 10.1. The Bertz CT molecular complexity index is 1150. The molecule has 3 aromatic carbocycles. The van der Waals surface area contributed by atoms with Gasteiger partial charge < -0.3 is 4.90 Å². The van der Waals surface area contributed by atoms with Crippen LogP contribution >= 0.6 is 11.6 Å². The zero-order valence-corrected chi connectivity index (χ0v) is 18.7. The van der Waals surface area contributed by atoms with Crippen LogP contribution in [0, 0.1) is 12.7 Å². The normalized spacial score (nSPS) is 11.5. The van der Waals surface area contributed by atoms with Crippen LogP contribution in [0.15, 0.2) is 77.7 Å². The molecule has 3 rings (SSSR count). The molecule has 3 aromatic rings. The molecule has 0 aliphatic carbocycles. The van der Waals surface area contributed by atoms with E-state index in [-0.39, 0.29) is 18.0 Å². The predicted molar refractivity (Wildman–Crippen MR) is 120 cm³/mol. The summed E-state index contributed by atoms with van der Waals surface area (Å²) in [5, 5.41) is 0.413. The molecule has 0 saturated heterocycles. The molecule has 0 atom stereocenters. The minimum Gasteiger partial charge on any atom is -0.314 e. The van der Waals surface area contributed by atoms with Gasteiger partial charge in [-0.05, 0) is 61.0 Å². The van der Waals surface area contributed by atoms with Gasteiger partial charge in [0, 0.05) is 24.3 Å².